The quantitative estimate of drug-likeness (QED) is 0.674. The van der Waals surface area contributed by atoms with E-state index >= 15 is 0 Å². The molecule has 0 saturated heterocycles. The van der Waals surface area contributed by atoms with E-state index in [0.29, 0.717) is 5.92 Å². The molecule has 0 nitrogen and oxygen atoms in total. The summed E-state index contributed by atoms with van der Waals surface area (Å²) in [6.45, 7) is 5.84. The molecule has 0 bridgehead atoms. The van der Waals surface area contributed by atoms with Crippen LogP contribution in [-0.2, 0) is 20.8 Å². The average Bonchev–Trinajstić information content (AvgIpc) is 2.49. The SMILES string of the molecule is C=CCCC1C=CC(C)=C1.[Cl][Zr][Cl]. The molecule has 1 aliphatic carbocycles. The van der Waals surface area contributed by atoms with E-state index in [2.05, 4.69) is 31.7 Å². The summed E-state index contributed by atoms with van der Waals surface area (Å²) in [5, 5.41) is 0. The standard InChI is InChI=1S/C10H14.2ClH.Zr/c1-3-4-5-10-7-6-9(2)8-10;;;/h3,6-8,10H,1,4-5H2,2H3;2*1H;/q;;;+2/p-2. The molecule has 1 rings (SSSR count). The second kappa shape index (κ2) is 9.25. The first-order chi connectivity index (χ1) is 6.24. The van der Waals surface area contributed by atoms with Crippen molar-refractivity contribution in [2.24, 2.45) is 5.92 Å². The van der Waals surface area contributed by atoms with Gasteiger partial charge in [-0.15, -0.1) is 6.58 Å². The van der Waals surface area contributed by atoms with Gasteiger partial charge < -0.3 is 0 Å². The molecule has 0 fully saturated rings. The van der Waals surface area contributed by atoms with Crippen LogP contribution in [0.2, 0.25) is 0 Å². The van der Waals surface area contributed by atoms with E-state index in [1.165, 1.54) is 12.0 Å². The molecule has 0 amide bonds. The number of hydrogen-bond donors (Lipinski definition) is 0. The zero-order valence-corrected chi connectivity index (χ0v) is 11.7. The Balaban J connectivity index is 0.000000424. The van der Waals surface area contributed by atoms with Gasteiger partial charge in [-0.3, -0.25) is 0 Å². The Bertz CT molecular complexity index is 197. The number of rotatable bonds is 3. The Kier molecular flexibility index (Phi) is 9.73. The second-order valence-electron chi connectivity index (χ2n) is 2.87. The average molecular weight is 296 g/mol. The first-order valence-corrected chi connectivity index (χ1v) is 10.5. The van der Waals surface area contributed by atoms with E-state index in [4.69, 9.17) is 17.0 Å². The van der Waals surface area contributed by atoms with E-state index in [0.717, 1.165) is 6.42 Å². The van der Waals surface area contributed by atoms with Crippen LogP contribution in [0, 0.1) is 5.92 Å². The monoisotopic (exact) mass is 294 g/mol. The summed E-state index contributed by atoms with van der Waals surface area (Å²) in [5.41, 5.74) is 1.40. The topological polar surface area (TPSA) is 0 Å². The van der Waals surface area contributed by atoms with Gasteiger partial charge in [0.1, 0.15) is 0 Å². The zero-order chi connectivity index (χ0) is 10.1. The molecule has 0 aromatic heterocycles. The second-order valence-corrected chi connectivity index (χ2v) is 6.60. The van der Waals surface area contributed by atoms with Crippen LogP contribution in [0.5, 0.6) is 0 Å². The molecule has 1 aliphatic rings. The van der Waals surface area contributed by atoms with E-state index in [9.17, 15) is 0 Å². The van der Waals surface area contributed by atoms with Gasteiger partial charge in [0.15, 0.2) is 0 Å². The van der Waals surface area contributed by atoms with Gasteiger partial charge in [0.25, 0.3) is 0 Å². The minimum atomic E-state index is -0.826. The van der Waals surface area contributed by atoms with Crippen molar-refractivity contribution in [2.75, 3.05) is 0 Å². The Morgan fingerprint density at radius 3 is 2.62 bits per heavy atom. The third-order valence-electron chi connectivity index (χ3n) is 1.79. The fourth-order valence-corrected chi connectivity index (χ4v) is 1.21. The van der Waals surface area contributed by atoms with Gasteiger partial charge in [-0.25, -0.2) is 0 Å². The Hall–Kier alpha value is 0.683. The Labute approximate surface area is 99.4 Å². The molecular formula is C10H14Cl2Zr. The molecule has 13 heavy (non-hydrogen) atoms. The molecule has 0 radical (unpaired) electrons. The summed E-state index contributed by atoms with van der Waals surface area (Å²) >= 11 is -0.826. The van der Waals surface area contributed by atoms with Gasteiger partial charge in [0.05, 0.1) is 0 Å². The van der Waals surface area contributed by atoms with Crippen molar-refractivity contribution in [3.63, 3.8) is 0 Å². The predicted molar refractivity (Wildman–Crippen MR) is 57.5 cm³/mol. The maximum absolute atomic E-state index is 4.93. The summed E-state index contributed by atoms with van der Waals surface area (Å²) in [7, 11) is 9.87. The molecular weight excluding hydrogens is 282 g/mol. The predicted octanol–water partition coefficient (Wildman–Crippen LogP) is 4.46. The van der Waals surface area contributed by atoms with Gasteiger partial charge in [-0.2, -0.15) is 0 Å². The number of halogens is 2. The van der Waals surface area contributed by atoms with Crippen LogP contribution in [0.4, 0.5) is 0 Å². The maximum atomic E-state index is 4.93. The van der Waals surface area contributed by atoms with Crippen molar-refractivity contribution in [3.05, 3.63) is 36.5 Å². The molecule has 0 N–H and O–H groups in total. The summed E-state index contributed by atoms with van der Waals surface area (Å²) in [5.74, 6) is 0.679. The van der Waals surface area contributed by atoms with Crippen molar-refractivity contribution in [1.82, 2.24) is 0 Å². The van der Waals surface area contributed by atoms with Gasteiger partial charge >= 0.3 is 37.9 Å². The number of allylic oxidation sites excluding steroid dienone is 5. The van der Waals surface area contributed by atoms with E-state index in [1.807, 2.05) is 6.08 Å². The first-order valence-electron chi connectivity index (χ1n) is 4.18. The third kappa shape index (κ3) is 7.73. The molecule has 0 aromatic carbocycles. The van der Waals surface area contributed by atoms with Crippen LogP contribution >= 0.6 is 17.0 Å². The normalized spacial score (nSPS) is 18.7. The van der Waals surface area contributed by atoms with Gasteiger partial charge in [0.2, 0.25) is 0 Å². The molecule has 72 valence electrons. The van der Waals surface area contributed by atoms with Gasteiger partial charge in [-0.05, 0) is 25.7 Å². The molecule has 0 saturated carbocycles. The van der Waals surface area contributed by atoms with Crippen LogP contribution in [-0.4, -0.2) is 0 Å². The molecule has 0 spiro atoms. The van der Waals surface area contributed by atoms with E-state index < -0.39 is 20.8 Å². The van der Waals surface area contributed by atoms with Crippen LogP contribution in [0.15, 0.2) is 36.5 Å². The molecule has 0 heterocycles. The van der Waals surface area contributed by atoms with Crippen molar-refractivity contribution in [3.8, 4) is 0 Å². The molecule has 0 aromatic rings. The summed E-state index contributed by atoms with van der Waals surface area (Å²) < 4.78 is 0. The van der Waals surface area contributed by atoms with Gasteiger partial charge in [0, 0.05) is 0 Å². The molecule has 3 heteroatoms. The van der Waals surface area contributed by atoms with E-state index in [1.54, 1.807) is 0 Å². The van der Waals surface area contributed by atoms with Crippen LogP contribution < -0.4 is 0 Å². The minimum absolute atomic E-state index is 0.679. The van der Waals surface area contributed by atoms with Crippen LogP contribution in [0.25, 0.3) is 0 Å². The summed E-state index contributed by atoms with van der Waals surface area (Å²) in [6.07, 6.45) is 11.1. The third-order valence-corrected chi connectivity index (χ3v) is 1.79. The molecule has 0 aliphatic heterocycles. The zero-order valence-electron chi connectivity index (χ0n) is 7.76. The fraction of sp³-hybridized carbons (Fsp3) is 0.400. The van der Waals surface area contributed by atoms with Crippen molar-refractivity contribution >= 4 is 17.0 Å². The summed E-state index contributed by atoms with van der Waals surface area (Å²) in [4.78, 5) is 0. The van der Waals surface area contributed by atoms with Crippen molar-refractivity contribution in [1.29, 1.82) is 0 Å². The Morgan fingerprint density at radius 1 is 1.62 bits per heavy atom. The fourth-order valence-electron chi connectivity index (χ4n) is 1.21. The summed E-state index contributed by atoms with van der Waals surface area (Å²) in [6, 6.07) is 0. The molecule has 1 unspecified atom stereocenters. The van der Waals surface area contributed by atoms with Crippen LogP contribution in [0.3, 0.4) is 0 Å². The first kappa shape index (κ1) is 13.7. The van der Waals surface area contributed by atoms with E-state index in [-0.39, 0.29) is 0 Å². The Morgan fingerprint density at radius 2 is 2.23 bits per heavy atom. The van der Waals surface area contributed by atoms with Crippen molar-refractivity contribution in [2.45, 2.75) is 19.8 Å². The van der Waals surface area contributed by atoms with Crippen molar-refractivity contribution < 1.29 is 20.8 Å². The van der Waals surface area contributed by atoms with Crippen LogP contribution in [0.1, 0.15) is 19.8 Å². The molecule has 1 atom stereocenters. The van der Waals surface area contributed by atoms with Gasteiger partial charge in [-0.1, -0.05) is 29.9 Å². The number of hydrogen-bond acceptors (Lipinski definition) is 0.